The highest BCUT2D eigenvalue weighted by Crippen LogP contribution is 2.15. The van der Waals surface area contributed by atoms with Gasteiger partial charge >= 0.3 is 0 Å². The van der Waals surface area contributed by atoms with Crippen LogP contribution in [0.15, 0.2) is 12.7 Å². The van der Waals surface area contributed by atoms with E-state index in [1.54, 1.807) is 6.08 Å². The molecule has 0 spiro atoms. The van der Waals surface area contributed by atoms with Crippen LogP contribution in [0.1, 0.15) is 20.8 Å². The summed E-state index contributed by atoms with van der Waals surface area (Å²) >= 11 is 0. The number of nitrogens with one attached hydrogen (secondary N) is 1. The normalized spacial score (nSPS) is 18.2. The molecular formula is C13H25N3O. The lowest BCUT2D eigenvalue weighted by Gasteiger charge is -2.42. The number of hydrogen-bond acceptors (Lipinski definition) is 3. The van der Waals surface area contributed by atoms with Gasteiger partial charge in [-0.2, -0.15) is 0 Å². The first kappa shape index (κ1) is 14.2. The molecule has 0 bridgehead atoms. The Hall–Kier alpha value is -0.870. The van der Waals surface area contributed by atoms with Crippen LogP contribution in [0.4, 0.5) is 0 Å². The van der Waals surface area contributed by atoms with Crippen molar-refractivity contribution in [2.75, 3.05) is 39.3 Å². The zero-order chi connectivity index (χ0) is 12.9. The molecule has 0 aliphatic carbocycles. The number of nitrogens with zero attached hydrogens (tertiary/aromatic N) is 2. The molecule has 4 heteroatoms. The monoisotopic (exact) mass is 239 g/mol. The molecule has 1 amide bonds. The van der Waals surface area contributed by atoms with Crippen LogP contribution in [0.5, 0.6) is 0 Å². The van der Waals surface area contributed by atoms with E-state index in [-0.39, 0.29) is 11.4 Å². The van der Waals surface area contributed by atoms with Gasteiger partial charge in [0, 0.05) is 38.3 Å². The quantitative estimate of drug-likeness (QED) is 0.579. The van der Waals surface area contributed by atoms with Gasteiger partial charge in [0.15, 0.2) is 0 Å². The lowest BCUT2D eigenvalue weighted by Crippen LogP contribution is -2.55. The molecule has 1 aliphatic rings. The molecule has 1 aliphatic heterocycles. The second kappa shape index (κ2) is 6.17. The van der Waals surface area contributed by atoms with Gasteiger partial charge in [0.2, 0.25) is 5.91 Å². The summed E-state index contributed by atoms with van der Waals surface area (Å²) in [5, 5.41) is 3.05. The van der Waals surface area contributed by atoms with Crippen molar-refractivity contribution in [2.45, 2.75) is 26.3 Å². The van der Waals surface area contributed by atoms with E-state index in [1.165, 1.54) is 0 Å². The molecule has 0 radical (unpaired) electrons. The van der Waals surface area contributed by atoms with E-state index < -0.39 is 0 Å². The molecule has 0 aromatic carbocycles. The van der Waals surface area contributed by atoms with Crippen LogP contribution in [0, 0.1) is 0 Å². The molecule has 1 heterocycles. The highest BCUT2D eigenvalue weighted by atomic mass is 16.2. The molecule has 0 unspecified atom stereocenters. The van der Waals surface area contributed by atoms with Crippen molar-refractivity contribution in [3.63, 3.8) is 0 Å². The van der Waals surface area contributed by atoms with Crippen LogP contribution in [-0.4, -0.2) is 60.5 Å². The van der Waals surface area contributed by atoms with Crippen LogP contribution in [0.25, 0.3) is 0 Å². The Kier molecular flexibility index (Phi) is 5.15. The minimum absolute atomic E-state index is 0.195. The van der Waals surface area contributed by atoms with Crippen molar-refractivity contribution in [3.05, 3.63) is 12.7 Å². The number of carbonyl (C=O) groups is 1. The van der Waals surface area contributed by atoms with Crippen molar-refractivity contribution in [3.8, 4) is 0 Å². The van der Waals surface area contributed by atoms with E-state index in [0.717, 1.165) is 26.2 Å². The molecule has 0 saturated carbocycles. The Bertz CT molecular complexity index is 262. The summed E-state index contributed by atoms with van der Waals surface area (Å²) in [6.07, 6.45) is 1.77. The van der Waals surface area contributed by atoms with Gasteiger partial charge in [0.1, 0.15) is 0 Å². The minimum atomic E-state index is 0.195. The number of piperazine rings is 1. The summed E-state index contributed by atoms with van der Waals surface area (Å²) < 4.78 is 0. The molecule has 1 fully saturated rings. The first-order valence-electron chi connectivity index (χ1n) is 6.29. The molecule has 0 aromatic heterocycles. The summed E-state index contributed by atoms with van der Waals surface area (Å²) in [5.41, 5.74) is 0.205. The maximum absolute atomic E-state index is 11.8. The first-order valence-corrected chi connectivity index (χ1v) is 6.29. The molecular weight excluding hydrogens is 214 g/mol. The largest absolute Gasteiger partial charge is 0.339 e. The van der Waals surface area contributed by atoms with Crippen LogP contribution < -0.4 is 5.32 Å². The van der Waals surface area contributed by atoms with Crippen molar-refractivity contribution < 1.29 is 4.79 Å². The van der Waals surface area contributed by atoms with E-state index in [4.69, 9.17) is 0 Å². The van der Waals surface area contributed by atoms with Crippen LogP contribution in [0.2, 0.25) is 0 Å². The predicted octanol–water partition coefficient (Wildman–Crippen LogP) is 0.705. The summed E-state index contributed by atoms with van der Waals surface area (Å²) in [5.74, 6) is 0.195. The number of carbonyl (C=O) groups excluding carboxylic acids is 1. The van der Waals surface area contributed by atoms with Gasteiger partial charge in [-0.3, -0.25) is 9.69 Å². The summed E-state index contributed by atoms with van der Waals surface area (Å²) in [6, 6.07) is 0. The first-order chi connectivity index (χ1) is 7.95. The van der Waals surface area contributed by atoms with Crippen molar-refractivity contribution in [2.24, 2.45) is 0 Å². The molecule has 4 nitrogen and oxygen atoms in total. The minimum Gasteiger partial charge on any atom is -0.339 e. The number of rotatable bonds is 4. The summed E-state index contributed by atoms with van der Waals surface area (Å²) in [6.45, 7) is 15.0. The number of hydrogen-bond donors (Lipinski definition) is 1. The van der Waals surface area contributed by atoms with Crippen molar-refractivity contribution >= 4 is 5.91 Å². The van der Waals surface area contributed by atoms with Gasteiger partial charge in [-0.1, -0.05) is 6.08 Å². The van der Waals surface area contributed by atoms with E-state index in [2.05, 4.69) is 37.6 Å². The number of amides is 1. The standard InChI is InChI=1S/C13H25N3O/c1-5-6-14-11-12(17)15-7-9-16(10-8-15)13(2,3)4/h5,14H,1,6-11H2,2-4H3. The van der Waals surface area contributed by atoms with Gasteiger partial charge in [-0.05, 0) is 20.8 Å². The fraction of sp³-hybridized carbons (Fsp3) is 0.769. The smallest absolute Gasteiger partial charge is 0.236 e. The third kappa shape index (κ3) is 4.48. The lowest BCUT2D eigenvalue weighted by molar-refractivity contribution is -0.132. The average Bonchev–Trinajstić information content (AvgIpc) is 2.28. The fourth-order valence-electron chi connectivity index (χ4n) is 2.02. The molecule has 17 heavy (non-hydrogen) atoms. The Morgan fingerprint density at radius 1 is 1.29 bits per heavy atom. The molecule has 1 rings (SSSR count). The maximum atomic E-state index is 11.8. The van der Waals surface area contributed by atoms with Crippen LogP contribution >= 0.6 is 0 Å². The van der Waals surface area contributed by atoms with E-state index in [9.17, 15) is 4.79 Å². The average molecular weight is 239 g/mol. The van der Waals surface area contributed by atoms with Gasteiger partial charge < -0.3 is 10.2 Å². The van der Waals surface area contributed by atoms with Gasteiger partial charge in [0.05, 0.1) is 6.54 Å². The Balaban J connectivity index is 2.31. The zero-order valence-electron chi connectivity index (χ0n) is 11.3. The lowest BCUT2D eigenvalue weighted by atomic mass is 10.1. The molecule has 1 saturated heterocycles. The molecule has 0 aromatic rings. The molecule has 1 N–H and O–H groups in total. The fourth-order valence-corrected chi connectivity index (χ4v) is 2.02. The van der Waals surface area contributed by atoms with Gasteiger partial charge in [-0.25, -0.2) is 0 Å². The Labute approximate surface area is 105 Å². The topological polar surface area (TPSA) is 35.6 Å². The Morgan fingerprint density at radius 2 is 1.88 bits per heavy atom. The summed E-state index contributed by atoms with van der Waals surface area (Å²) in [4.78, 5) is 16.2. The van der Waals surface area contributed by atoms with Crippen molar-refractivity contribution in [1.82, 2.24) is 15.1 Å². The van der Waals surface area contributed by atoms with Crippen LogP contribution in [0.3, 0.4) is 0 Å². The predicted molar refractivity (Wildman–Crippen MR) is 71.0 cm³/mol. The van der Waals surface area contributed by atoms with Crippen LogP contribution in [-0.2, 0) is 4.79 Å². The SMILES string of the molecule is C=CCNCC(=O)N1CCN(C(C)(C)C)CC1. The second-order valence-corrected chi connectivity index (χ2v) is 5.46. The molecule has 0 atom stereocenters. The maximum Gasteiger partial charge on any atom is 0.236 e. The van der Waals surface area contributed by atoms with E-state index in [1.807, 2.05) is 4.90 Å². The van der Waals surface area contributed by atoms with Crippen molar-refractivity contribution in [1.29, 1.82) is 0 Å². The zero-order valence-corrected chi connectivity index (χ0v) is 11.3. The van der Waals surface area contributed by atoms with Gasteiger partial charge in [-0.15, -0.1) is 6.58 Å². The highest BCUT2D eigenvalue weighted by Gasteiger charge is 2.27. The summed E-state index contributed by atoms with van der Waals surface area (Å²) in [7, 11) is 0. The third-order valence-electron chi connectivity index (χ3n) is 3.15. The highest BCUT2D eigenvalue weighted by molar-refractivity contribution is 5.78. The third-order valence-corrected chi connectivity index (χ3v) is 3.15. The second-order valence-electron chi connectivity index (χ2n) is 5.46. The van der Waals surface area contributed by atoms with E-state index in [0.29, 0.717) is 13.1 Å². The van der Waals surface area contributed by atoms with E-state index >= 15 is 0 Å². The Morgan fingerprint density at radius 3 is 2.35 bits per heavy atom. The molecule has 98 valence electrons. The van der Waals surface area contributed by atoms with Gasteiger partial charge in [0.25, 0.3) is 0 Å².